The summed E-state index contributed by atoms with van der Waals surface area (Å²) in [6.45, 7) is 7.21. The van der Waals surface area contributed by atoms with Gasteiger partial charge in [-0.25, -0.2) is 4.39 Å². The first-order valence-corrected chi connectivity index (χ1v) is 16.1. The molecule has 2 saturated heterocycles. The van der Waals surface area contributed by atoms with Gasteiger partial charge in [0.05, 0.1) is 11.4 Å². The fourth-order valence-electron chi connectivity index (χ4n) is 5.83. The Labute approximate surface area is 270 Å². The Morgan fingerprint density at radius 3 is 2.47 bits per heavy atom. The molecule has 45 heavy (non-hydrogen) atoms. The SMILES string of the molecule is CCCCn1c(N2CCN(c3ccc(F)cc3)CC2)c(C=C2SC(=S)N(Cc3ccc4c(c3)OCO4)C2=O)c(C)c(C#N)c1=O. The maximum atomic E-state index is 13.8. The second-order valence-electron chi connectivity index (χ2n) is 11.1. The van der Waals surface area contributed by atoms with Gasteiger partial charge in [-0.2, -0.15) is 5.26 Å². The summed E-state index contributed by atoms with van der Waals surface area (Å²) in [7, 11) is 0. The van der Waals surface area contributed by atoms with Crippen molar-refractivity contribution >= 4 is 51.8 Å². The highest BCUT2D eigenvalue weighted by molar-refractivity contribution is 8.26. The minimum Gasteiger partial charge on any atom is -0.454 e. The maximum absolute atomic E-state index is 13.8. The molecule has 0 spiro atoms. The number of hydrogen-bond acceptors (Lipinski definition) is 9. The van der Waals surface area contributed by atoms with Gasteiger partial charge in [-0.3, -0.25) is 19.1 Å². The number of pyridine rings is 1. The molecule has 3 aliphatic rings. The van der Waals surface area contributed by atoms with Crippen LogP contribution in [0.2, 0.25) is 0 Å². The van der Waals surface area contributed by atoms with Gasteiger partial charge < -0.3 is 19.3 Å². The smallest absolute Gasteiger partial charge is 0.270 e. The van der Waals surface area contributed by atoms with E-state index in [1.807, 2.05) is 18.2 Å². The van der Waals surface area contributed by atoms with E-state index in [4.69, 9.17) is 21.7 Å². The quantitative estimate of drug-likeness (QED) is 0.235. The molecule has 12 heteroatoms. The number of thioether (sulfide) groups is 1. The number of nitriles is 1. The second-order valence-corrected chi connectivity index (χ2v) is 12.7. The van der Waals surface area contributed by atoms with Crippen molar-refractivity contribution in [3.05, 3.63) is 85.8 Å². The maximum Gasteiger partial charge on any atom is 0.270 e. The normalized spacial score (nSPS) is 17.0. The van der Waals surface area contributed by atoms with Crippen LogP contribution in [0.25, 0.3) is 6.08 Å². The predicted octanol–water partition coefficient (Wildman–Crippen LogP) is 5.42. The largest absolute Gasteiger partial charge is 0.454 e. The molecule has 6 rings (SSSR count). The number of ether oxygens (including phenoxy) is 2. The predicted molar refractivity (Wildman–Crippen MR) is 177 cm³/mol. The monoisotopic (exact) mass is 645 g/mol. The summed E-state index contributed by atoms with van der Waals surface area (Å²) < 4.78 is 26.6. The van der Waals surface area contributed by atoms with Crippen molar-refractivity contribution in [2.45, 2.75) is 39.8 Å². The molecule has 0 saturated carbocycles. The summed E-state index contributed by atoms with van der Waals surface area (Å²) in [5.41, 5.74) is 2.73. The lowest BCUT2D eigenvalue weighted by atomic mass is 10.0. The lowest BCUT2D eigenvalue weighted by molar-refractivity contribution is -0.122. The van der Waals surface area contributed by atoms with E-state index in [9.17, 15) is 19.2 Å². The molecule has 2 aromatic carbocycles. The van der Waals surface area contributed by atoms with Crippen LogP contribution in [0.3, 0.4) is 0 Å². The number of carbonyl (C=O) groups excluding carboxylic acids is 1. The van der Waals surface area contributed by atoms with E-state index in [-0.39, 0.29) is 36.2 Å². The molecule has 3 aromatic rings. The zero-order valence-electron chi connectivity index (χ0n) is 25.0. The molecule has 1 aromatic heterocycles. The molecular weight excluding hydrogens is 614 g/mol. The fraction of sp³-hybridized carbons (Fsp3) is 0.333. The van der Waals surface area contributed by atoms with Gasteiger partial charge in [0.2, 0.25) is 6.79 Å². The Morgan fingerprint density at radius 1 is 1.04 bits per heavy atom. The highest BCUT2D eigenvalue weighted by Crippen LogP contribution is 2.38. The molecule has 0 bridgehead atoms. The second kappa shape index (κ2) is 12.9. The van der Waals surface area contributed by atoms with Gasteiger partial charge in [0.1, 0.15) is 27.6 Å². The lowest BCUT2D eigenvalue weighted by Gasteiger charge is -2.39. The number of amides is 1. The van der Waals surface area contributed by atoms with Crippen molar-refractivity contribution in [2.24, 2.45) is 0 Å². The third kappa shape index (κ3) is 6.02. The van der Waals surface area contributed by atoms with Gasteiger partial charge in [-0.1, -0.05) is 43.4 Å². The van der Waals surface area contributed by atoms with E-state index in [0.29, 0.717) is 70.4 Å². The van der Waals surface area contributed by atoms with Crippen LogP contribution in [0.5, 0.6) is 11.5 Å². The fourth-order valence-corrected chi connectivity index (χ4v) is 7.06. The number of fused-ring (bicyclic) bond motifs is 1. The molecule has 2 fully saturated rings. The zero-order valence-corrected chi connectivity index (χ0v) is 26.7. The first kappa shape index (κ1) is 30.7. The molecular formula is C33H32FN5O4S2. The number of halogens is 1. The van der Waals surface area contributed by atoms with E-state index >= 15 is 0 Å². The first-order valence-electron chi connectivity index (χ1n) is 14.9. The topological polar surface area (TPSA) is 91.0 Å². The Kier molecular flexibility index (Phi) is 8.83. The van der Waals surface area contributed by atoms with E-state index < -0.39 is 0 Å². The molecule has 0 aliphatic carbocycles. The molecule has 1 amide bonds. The van der Waals surface area contributed by atoms with Crippen molar-refractivity contribution in [3.8, 4) is 17.6 Å². The van der Waals surface area contributed by atoms with E-state index in [1.54, 1.807) is 34.6 Å². The summed E-state index contributed by atoms with van der Waals surface area (Å²) in [5, 5.41) is 10.0. The van der Waals surface area contributed by atoms with E-state index in [1.165, 1.54) is 23.9 Å². The summed E-state index contributed by atoms with van der Waals surface area (Å²) >= 11 is 6.86. The summed E-state index contributed by atoms with van der Waals surface area (Å²) in [6.07, 6.45) is 3.42. The number of anilines is 2. The van der Waals surface area contributed by atoms with Crippen LogP contribution in [0.15, 0.2) is 52.2 Å². The Balaban J connectivity index is 1.35. The van der Waals surface area contributed by atoms with Crippen molar-refractivity contribution in [3.63, 3.8) is 0 Å². The van der Waals surface area contributed by atoms with Crippen LogP contribution in [-0.4, -0.2) is 52.7 Å². The van der Waals surface area contributed by atoms with Gasteiger partial charge in [-0.15, -0.1) is 0 Å². The summed E-state index contributed by atoms with van der Waals surface area (Å²) in [6, 6.07) is 14.1. The molecule has 0 N–H and O–H groups in total. The van der Waals surface area contributed by atoms with Gasteiger partial charge in [0.15, 0.2) is 11.5 Å². The van der Waals surface area contributed by atoms with Gasteiger partial charge in [0, 0.05) is 44.0 Å². The van der Waals surface area contributed by atoms with Gasteiger partial charge in [0.25, 0.3) is 11.5 Å². The van der Waals surface area contributed by atoms with E-state index in [0.717, 1.165) is 24.1 Å². The highest BCUT2D eigenvalue weighted by atomic mass is 32.2. The Morgan fingerprint density at radius 2 is 1.76 bits per heavy atom. The first-order chi connectivity index (χ1) is 21.8. The minimum absolute atomic E-state index is 0.0712. The number of rotatable bonds is 8. The van der Waals surface area contributed by atoms with Crippen molar-refractivity contribution in [1.29, 1.82) is 5.26 Å². The lowest BCUT2D eigenvalue weighted by Crippen LogP contribution is -2.48. The van der Waals surface area contributed by atoms with E-state index in [2.05, 4.69) is 22.8 Å². The average Bonchev–Trinajstić information content (AvgIpc) is 3.62. The standard InChI is InChI=1S/C33H32FN5O4S2/c1-3-4-11-38-30(37-14-12-36(13-15-37)24-8-6-23(34)7-9-24)25(21(2)26(18-35)31(38)40)17-29-32(41)39(33(44)45-29)19-22-5-10-27-28(16-22)43-20-42-27/h5-10,16-17H,3-4,11-15,19-20H2,1-2H3. The van der Waals surface area contributed by atoms with Crippen molar-refractivity contribution in [1.82, 2.24) is 9.47 Å². The number of unbranched alkanes of at least 4 members (excludes halogenated alkanes) is 1. The molecule has 9 nitrogen and oxygen atoms in total. The Bertz CT molecular complexity index is 1790. The minimum atomic E-state index is -0.327. The number of aromatic nitrogens is 1. The molecule has 0 radical (unpaired) electrons. The highest BCUT2D eigenvalue weighted by Gasteiger charge is 2.34. The van der Waals surface area contributed by atoms with Crippen LogP contribution in [-0.2, 0) is 17.9 Å². The van der Waals surface area contributed by atoms with Crippen LogP contribution in [0.4, 0.5) is 15.9 Å². The van der Waals surface area contributed by atoms with Crippen molar-refractivity contribution < 1.29 is 18.7 Å². The van der Waals surface area contributed by atoms with Crippen LogP contribution in [0, 0.1) is 24.1 Å². The zero-order chi connectivity index (χ0) is 31.7. The third-order valence-corrected chi connectivity index (χ3v) is 9.66. The summed E-state index contributed by atoms with van der Waals surface area (Å²) in [4.78, 5) is 33.8. The van der Waals surface area contributed by atoms with Gasteiger partial charge >= 0.3 is 0 Å². The number of benzene rings is 2. The number of thiocarbonyl (C=S) groups is 1. The molecule has 0 unspecified atom stereocenters. The number of nitrogens with zero attached hydrogens (tertiary/aromatic N) is 5. The van der Waals surface area contributed by atoms with Crippen LogP contribution >= 0.6 is 24.0 Å². The third-order valence-electron chi connectivity index (χ3n) is 8.28. The van der Waals surface area contributed by atoms with Crippen LogP contribution < -0.4 is 24.8 Å². The Hall–Kier alpha value is -4.34. The number of carbonyl (C=O) groups is 1. The number of piperazine rings is 1. The molecule has 0 atom stereocenters. The van der Waals surface area contributed by atoms with Crippen LogP contribution in [0.1, 0.15) is 42.0 Å². The van der Waals surface area contributed by atoms with Crippen molar-refractivity contribution in [2.75, 3.05) is 42.8 Å². The summed E-state index contributed by atoms with van der Waals surface area (Å²) in [5.74, 6) is 1.48. The molecule has 3 aliphatic heterocycles. The average molecular weight is 646 g/mol. The number of hydrogen-bond donors (Lipinski definition) is 0. The molecule has 4 heterocycles. The van der Waals surface area contributed by atoms with Gasteiger partial charge in [-0.05, 0) is 66.9 Å². The molecule has 232 valence electrons.